The Balaban J connectivity index is 0.000000421. The molecule has 4 heteroatoms. The van der Waals surface area contributed by atoms with Crippen LogP contribution in [-0.4, -0.2) is 18.2 Å². The van der Waals surface area contributed by atoms with E-state index in [9.17, 15) is 4.79 Å². The molecule has 0 saturated carbocycles. The minimum atomic E-state index is -0.745. The Morgan fingerprint density at radius 3 is 2.44 bits per heavy atom. The Kier molecular flexibility index (Phi) is 8.46. The number of hydrogen-bond acceptors (Lipinski definition) is 2. The van der Waals surface area contributed by atoms with Crippen molar-refractivity contribution in [2.24, 2.45) is 0 Å². The van der Waals surface area contributed by atoms with Gasteiger partial charge in [0.1, 0.15) is 0 Å². The van der Waals surface area contributed by atoms with Gasteiger partial charge in [0, 0.05) is 12.2 Å². The van der Waals surface area contributed by atoms with Crippen LogP contribution >= 0.6 is 0 Å². The molecule has 3 nitrogen and oxygen atoms in total. The molecule has 18 heavy (non-hydrogen) atoms. The van der Waals surface area contributed by atoms with Crippen molar-refractivity contribution in [3.63, 3.8) is 0 Å². The van der Waals surface area contributed by atoms with Gasteiger partial charge >= 0.3 is 35.5 Å². The molecular weight excluding hydrogens is 239 g/mol. The van der Waals surface area contributed by atoms with Gasteiger partial charge in [-0.3, -0.25) is 4.79 Å². The van der Waals surface area contributed by atoms with Crippen LogP contribution in [-0.2, 0) is 4.79 Å². The second-order valence-corrected chi connectivity index (χ2v) is 3.36. The summed E-state index contributed by atoms with van der Waals surface area (Å²) >= 11 is 0. The Hall–Kier alpha value is -1.03. The summed E-state index contributed by atoms with van der Waals surface area (Å²) in [6, 6.07) is 15.2. The number of carboxylic acid groups (broad SMARTS) is 1. The molecule has 0 fully saturated rings. The normalized spacial score (nSPS) is 8.78. The first-order valence-electron chi connectivity index (χ1n) is 5.34. The second-order valence-electron chi connectivity index (χ2n) is 3.36. The number of rotatable bonds is 2. The van der Waals surface area contributed by atoms with Gasteiger partial charge in [0.2, 0.25) is 0 Å². The Labute approximate surface area is 129 Å². The van der Waals surface area contributed by atoms with Gasteiger partial charge in [-0.1, -0.05) is 25.1 Å². The monoisotopic (exact) mass is 254 g/mol. The molecule has 0 bridgehead atoms. The van der Waals surface area contributed by atoms with Crippen LogP contribution in [0, 0.1) is 6.07 Å². The van der Waals surface area contributed by atoms with E-state index >= 15 is 0 Å². The number of hydrogen-bond donors (Lipinski definition) is 1. The van der Waals surface area contributed by atoms with Crippen LogP contribution in [0.25, 0.3) is 10.8 Å². The van der Waals surface area contributed by atoms with Gasteiger partial charge in [-0.15, -0.1) is 35.0 Å². The van der Waals surface area contributed by atoms with Crippen molar-refractivity contribution in [2.45, 2.75) is 13.3 Å². The maximum atomic E-state index is 9.37. The van der Waals surface area contributed by atoms with E-state index < -0.39 is 5.97 Å². The largest absolute Gasteiger partial charge is 1.00 e. The Morgan fingerprint density at radius 1 is 1.28 bits per heavy atom. The van der Waals surface area contributed by atoms with Crippen molar-refractivity contribution in [3.8, 4) is 5.75 Å². The van der Waals surface area contributed by atoms with Gasteiger partial charge in [-0.05, 0) is 0 Å². The van der Waals surface area contributed by atoms with Crippen LogP contribution < -0.4 is 34.3 Å². The predicted octanol–water partition coefficient (Wildman–Crippen LogP) is 0.134. The molecule has 0 amide bonds. The summed E-state index contributed by atoms with van der Waals surface area (Å²) in [5, 5.41) is 10.0. The summed E-state index contributed by atoms with van der Waals surface area (Å²) in [5.74, 6) is 0.0405. The smallest absolute Gasteiger partial charge is 0.516 e. The van der Waals surface area contributed by atoms with Crippen molar-refractivity contribution in [1.29, 1.82) is 0 Å². The second kappa shape index (κ2) is 8.97. The van der Waals surface area contributed by atoms with Crippen LogP contribution in [0.3, 0.4) is 0 Å². The molecule has 2 aromatic rings. The van der Waals surface area contributed by atoms with Gasteiger partial charge in [0.25, 0.3) is 0 Å². The first-order valence-corrected chi connectivity index (χ1v) is 5.34. The first-order chi connectivity index (χ1) is 8.17. The number of benzene rings is 2. The third kappa shape index (κ3) is 5.54. The fourth-order valence-corrected chi connectivity index (χ4v) is 1.22. The molecule has 0 unspecified atom stereocenters. The van der Waals surface area contributed by atoms with Gasteiger partial charge in [-0.2, -0.15) is 0 Å². The quantitative estimate of drug-likeness (QED) is 0.612. The molecule has 0 spiro atoms. The Morgan fingerprint density at radius 2 is 1.89 bits per heavy atom. The molecule has 2 aromatic carbocycles. The molecule has 0 aliphatic heterocycles. The first kappa shape index (κ1) is 17.0. The maximum absolute atomic E-state index is 9.37. The molecule has 0 aliphatic carbocycles. The molecule has 0 aliphatic rings. The van der Waals surface area contributed by atoms with Crippen LogP contribution in [0.4, 0.5) is 0 Å². The van der Waals surface area contributed by atoms with Crippen molar-refractivity contribution in [1.82, 2.24) is 0 Å². The molecule has 0 heterocycles. The predicted molar refractivity (Wildman–Crippen MR) is 67.3 cm³/mol. The SMILES string of the molecule is CCC(=O)O.COc1[c-]c2ccccc2cc1.[Na+]. The summed E-state index contributed by atoms with van der Waals surface area (Å²) in [6.07, 6.45) is 0.222. The number of methoxy groups -OCH3 is 1. The average Bonchev–Trinajstić information content (AvgIpc) is 2.38. The summed E-state index contributed by atoms with van der Waals surface area (Å²) < 4.78 is 5.07. The van der Waals surface area contributed by atoms with Gasteiger partial charge in [0.05, 0.1) is 7.11 Å². The van der Waals surface area contributed by atoms with Crippen molar-refractivity contribution in [3.05, 3.63) is 42.5 Å². The van der Waals surface area contributed by atoms with Crippen LogP contribution in [0.15, 0.2) is 36.4 Å². The van der Waals surface area contributed by atoms with E-state index in [2.05, 4.69) is 12.1 Å². The van der Waals surface area contributed by atoms with E-state index in [1.54, 1.807) is 14.0 Å². The zero-order valence-electron chi connectivity index (χ0n) is 10.9. The minimum Gasteiger partial charge on any atom is -0.516 e. The van der Waals surface area contributed by atoms with Gasteiger partial charge in [-0.25, -0.2) is 0 Å². The zero-order chi connectivity index (χ0) is 12.7. The maximum Gasteiger partial charge on any atom is 1.00 e. The summed E-state index contributed by atoms with van der Waals surface area (Å²) in [6.45, 7) is 1.60. The third-order valence-electron chi connectivity index (χ3n) is 2.16. The summed E-state index contributed by atoms with van der Waals surface area (Å²) in [7, 11) is 1.65. The number of carboxylic acids is 1. The number of fused-ring (bicyclic) bond motifs is 1. The fraction of sp³-hybridized carbons (Fsp3) is 0.214. The molecule has 0 radical (unpaired) electrons. The Bertz CT molecular complexity index is 497. The van der Waals surface area contributed by atoms with Crippen molar-refractivity contribution < 1.29 is 44.2 Å². The van der Waals surface area contributed by atoms with Gasteiger partial charge < -0.3 is 9.84 Å². The molecule has 90 valence electrons. The van der Waals surface area contributed by atoms with Gasteiger partial charge in [0.15, 0.2) is 0 Å². The summed E-state index contributed by atoms with van der Waals surface area (Å²) in [4.78, 5) is 9.37. The van der Waals surface area contributed by atoms with E-state index in [1.807, 2.05) is 30.3 Å². The zero-order valence-corrected chi connectivity index (χ0v) is 12.9. The van der Waals surface area contributed by atoms with E-state index in [1.165, 1.54) is 5.39 Å². The van der Waals surface area contributed by atoms with E-state index in [0.717, 1.165) is 11.1 Å². The molecular formula is C14H15NaO3. The molecule has 2 rings (SSSR count). The van der Waals surface area contributed by atoms with E-state index in [-0.39, 0.29) is 36.0 Å². The third-order valence-corrected chi connectivity index (χ3v) is 2.16. The number of carbonyl (C=O) groups is 1. The molecule has 0 saturated heterocycles. The standard InChI is InChI=1S/C11H9O.C3H6O2.Na/c1-12-11-7-6-9-4-2-3-5-10(9)8-11;1-2-3(4)5;/h2-7H,1H3;2H2,1H3,(H,4,5);/q-1;;+1. The van der Waals surface area contributed by atoms with Crippen LogP contribution in [0.5, 0.6) is 5.75 Å². The fourth-order valence-electron chi connectivity index (χ4n) is 1.22. The van der Waals surface area contributed by atoms with E-state index in [4.69, 9.17) is 9.84 Å². The average molecular weight is 254 g/mol. The minimum absolute atomic E-state index is 0. The molecule has 0 atom stereocenters. The van der Waals surface area contributed by atoms with Crippen LogP contribution in [0.1, 0.15) is 13.3 Å². The van der Waals surface area contributed by atoms with Crippen molar-refractivity contribution in [2.75, 3.05) is 7.11 Å². The molecule has 1 N–H and O–H groups in total. The van der Waals surface area contributed by atoms with Crippen LogP contribution in [0.2, 0.25) is 0 Å². The topological polar surface area (TPSA) is 46.5 Å². The summed E-state index contributed by atoms with van der Waals surface area (Å²) in [5.41, 5.74) is 0. The molecule has 0 aromatic heterocycles. The number of aliphatic carboxylic acids is 1. The van der Waals surface area contributed by atoms with E-state index in [0.29, 0.717) is 0 Å². The number of ether oxygens (including phenoxy) is 1. The van der Waals surface area contributed by atoms with Crippen molar-refractivity contribution >= 4 is 16.7 Å².